The predicted octanol–water partition coefficient (Wildman–Crippen LogP) is 2.11. The van der Waals surface area contributed by atoms with Gasteiger partial charge in [-0.15, -0.1) is 0 Å². The molecule has 0 aliphatic heterocycles. The number of allylic oxidation sites excluding steroid dienone is 1. The van der Waals surface area contributed by atoms with Gasteiger partial charge in [0.15, 0.2) is 0 Å². The Morgan fingerprint density at radius 2 is 2.13 bits per heavy atom. The summed E-state index contributed by atoms with van der Waals surface area (Å²) in [6, 6.07) is 5.99. The second-order valence-corrected chi connectivity index (χ2v) is 2.76. The average molecular weight is 206 g/mol. The van der Waals surface area contributed by atoms with Gasteiger partial charge in [-0.25, -0.2) is 0 Å². The number of hydrogen-bond donors (Lipinski definition) is 1. The molecule has 0 spiro atoms. The first kappa shape index (κ1) is 10.9. The van der Waals surface area contributed by atoms with Crippen LogP contribution in [0.15, 0.2) is 36.4 Å². The summed E-state index contributed by atoms with van der Waals surface area (Å²) in [5, 5.41) is 13.0. The molecule has 5 nitrogen and oxygen atoms in total. The van der Waals surface area contributed by atoms with Gasteiger partial charge >= 0.3 is 0 Å². The summed E-state index contributed by atoms with van der Waals surface area (Å²) in [7, 11) is 0. The van der Waals surface area contributed by atoms with Crippen molar-refractivity contribution in [1.29, 1.82) is 0 Å². The van der Waals surface area contributed by atoms with Gasteiger partial charge in [0.2, 0.25) is 5.91 Å². The van der Waals surface area contributed by atoms with Gasteiger partial charge in [0.1, 0.15) is 5.69 Å². The molecule has 0 aliphatic rings. The molecule has 0 aromatic heterocycles. The highest BCUT2D eigenvalue weighted by molar-refractivity contribution is 6.00. The maximum absolute atomic E-state index is 11.2. The number of nitro benzene ring substituents is 1. The second-order valence-electron chi connectivity index (χ2n) is 2.76. The van der Waals surface area contributed by atoms with Crippen LogP contribution < -0.4 is 5.32 Å². The Bertz CT molecular complexity index is 413. The van der Waals surface area contributed by atoms with Crippen LogP contribution in [-0.4, -0.2) is 10.8 Å². The monoisotopic (exact) mass is 206 g/mol. The number of amides is 1. The molecule has 1 aromatic rings. The lowest BCUT2D eigenvalue weighted by Gasteiger charge is -2.02. The van der Waals surface area contributed by atoms with Crippen molar-refractivity contribution in [3.05, 3.63) is 46.5 Å². The van der Waals surface area contributed by atoms with Crippen LogP contribution >= 0.6 is 0 Å². The third kappa shape index (κ3) is 2.91. The molecule has 0 unspecified atom stereocenters. The highest BCUT2D eigenvalue weighted by Gasteiger charge is 2.12. The molecule has 0 bridgehead atoms. The summed E-state index contributed by atoms with van der Waals surface area (Å²) in [6.45, 7) is 1.69. The molecular formula is C10H10N2O3. The van der Waals surface area contributed by atoms with Gasteiger partial charge in [-0.1, -0.05) is 18.2 Å². The number of benzene rings is 1. The topological polar surface area (TPSA) is 72.2 Å². The first-order valence-corrected chi connectivity index (χ1v) is 4.32. The number of anilines is 1. The van der Waals surface area contributed by atoms with Crippen molar-refractivity contribution in [3.63, 3.8) is 0 Å². The fourth-order valence-electron chi connectivity index (χ4n) is 1.06. The van der Waals surface area contributed by atoms with E-state index in [1.807, 2.05) is 0 Å². The predicted molar refractivity (Wildman–Crippen MR) is 56.5 cm³/mol. The smallest absolute Gasteiger partial charge is 0.292 e. The van der Waals surface area contributed by atoms with Crippen molar-refractivity contribution in [3.8, 4) is 0 Å². The van der Waals surface area contributed by atoms with Crippen LogP contribution in [0, 0.1) is 10.1 Å². The van der Waals surface area contributed by atoms with E-state index < -0.39 is 4.92 Å². The van der Waals surface area contributed by atoms with E-state index in [1.54, 1.807) is 25.1 Å². The second kappa shape index (κ2) is 4.90. The molecule has 0 fully saturated rings. The minimum absolute atomic E-state index is 0.115. The Labute approximate surface area is 86.6 Å². The van der Waals surface area contributed by atoms with Crippen molar-refractivity contribution in [2.75, 3.05) is 5.32 Å². The zero-order valence-electron chi connectivity index (χ0n) is 8.14. The molecule has 78 valence electrons. The number of rotatable bonds is 3. The van der Waals surface area contributed by atoms with Crippen molar-refractivity contribution in [2.24, 2.45) is 0 Å². The third-order valence-electron chi connectivity index (χ3n) is 1.68. The summed E-state index contributed by atoms with van der Waals surface area (Å²) < 4.78 is 0. The number of carbonyl (C=O) groups excluding carboxylic acids is 1. The van der Waals surface area contributed by atoms with E-state index in [-0.39, 0.29) is 17.3 Å². The Kier molecular flexibility index (Phi) is 3.56. The zero-order chi connectivity index (χ0) is 11.3. The summed E-state index contributed by atoms with van der Waals surface area (Å²) in [5.74, 6) is -0.383. The lowest BCUT2D eigenvalue weighted by molar-refractivity contribution is -0.383. The SMILES string of the molecule is C/C=C/C(=O)Nc1ccccc1[N+](=O)[O-]. The Balaban J connectivity index is 2.94. The van der Waals surface area contributed by atoms with Crippen LogP contribution in [0.2, 0.25) is 0 Å². The van der Waals surface area contributed by atoms with E-state index in [1.165, 1.54) is 18.2 Å². The van der Waals surface area contributed by atoms with Gasteiger partial charge < -0.3 is 5.32 Å². The number of nitro groups is 1. The van der Waals surface area contributed by atoms with Crippen molar-refractivity contribution < 1.29 is 9.72 Å². The first-order chi connectivity index (χ1) is 7.15. The van der Waals surface area contributed by atoms with Gasteiger partial charge in [0.05, 0.1) is 4.92 Å². The molecule has 1 rings (SSSR count). The summed E-state index contributed by atoms with van der Waals surface area (Å²) >= 11 is 0. The molecule has 0 saturated carbocycles. The molecule has 0 radical (unpaired) electrons. The van der Waals surface area contributed by atoms with Crippen molar-refractivity contribution in [2.45, 2.75) is 6.92 Å². The minimum atomic E-state index is -0.536. The molecule has 1 amide bonds. The highest BCUT2D eigenvalue weighted by atomic mass is 16.6. The number of nitrogens with zero attached hydrogens (tertiary/aromatic N) is 1. The molecule has 0 saturated heterocycles. The van der Waals surface area contributed by atoms with Crippen LogP contribution in [-0.2, 0) is 4.79 Å². The van der Waals surface area contributed by atoms with Gasteiger partial charge in [0, 0.05) is 6.07 Å². The summed E-state index contributed by atoms with van der Waals surface area (Å²) in [5.41, 5.74) is 0.0842. The maximum Gasteiger partial charge on any atom is 0.292 e. The van der Waals surface area contributed by atoms with Crippen LogP contribution in [0.1, 0.15) is 6.92 Å². The molecule has 5 heteroatoms. The van der Waals surface area contributed by atoms with Crippen molar-refractivity contribution >= 4 is 17.3 Å². The largest absolute Gasteiger partial charge is 0.317 e. The van der Waals surface area contributed by atoms with Gasteiger partial charge in [0.25, 0.3) is 5.69 Å². The van der Waals surface area contributed by atoms with E-state index in [0.717, 1.165) is 0 Å². The lowest BCUT2D eigenvalue weighted by Crippen LogP contribution is -2.09. The fourth-order valence-corrected chi connectivity index (χ4v) is 1.06. The molecule has 0 aliphatic carbocycles. The molecule has 0 heterocycles. The van der Waals surface area contributed by atoms with E-state index >= 15 is 0 Å². The number of para-hydroxylation sites is 2. The van der Waals surface area contributed by atoms with Crippen LogP contribution in [0.4, 0.5) is 11.4 Å². The first-order valence-electron chi connectivity index (χ1n) is 4.32. The van der Waals surface area contributed by atoms with E-state index in [9.17, 15) is 14.9 Å². The molecule has 15 heavy (non-hydrogen) atoms. The average Bonchev–Trinajstić information content (AvgIpc) is 2.18. The Morgan fingerprint density at radius 3 is 2.73 bits per heavy atom. The highest BCUT2D eigenvalue weighted by Crippen LogP contribution is 2.22. The number of nitrogens with one attached hydrogen (secondary N) is 1. The Hall–Kier alpha value is -2.17. The van der Waals surface area contributed by atoms with E-state index in [0.29, 0.717) is 0 Å². The molecule has 0 atom stereocenters. The molecule has 1 aromatic carbocycles. The minimum Gasteiger partial charge on any atom is -0.317 e. The van der Waals surface area contributed by atoms with E-state index in [4.69, 9.17) is 0 Å². The molecule has 1 N–H and O–H groups in total. The van der Waals surface area contributed by atoms with Gasteiger partial charge in [-0.3, -0.25) is 14.9 Å². The lowest BCUT2D eigenvalue weighted by atomic mass is 10.2. The molecular weight excluding hydrogens is 196 g/mol. The van der Waals surface area contributed by atoms with Crippen molar-refractivity contribution in [1.82, 2.24) is 0 Å². The summed E-state index contributed by atoms with van der Waals surface area (Å²) in [4.78, 5) is 21.2. The van der Waals surface area contributed by atoms with Gasteiger partial charge in [-0.05, 0) is 19.1 Å². The van der Waals surface area contributed by atoms with Gasteiger partial charge in [-0.2, -0.15) is 0 Å². The van der Waals surface area contributed by atoms with Crippen LogP contribution in [0.5, 0.6) is 0 Å². The van der Waals surface area contributed by atoms with E-state index in [2.05, 4.69) is 5.32 Å². The quantitative estimate of drug-likeness (QED) is 0.467. The Morgan fingerprint density at radius 1 is 1.47 bits per heavy atom. The van der Waals surface area contributed by atoms with Crippen LogP contribution in [0.25, 0.3) is 0 Å². The third-order valence-corrected chi connectivity index (χ3v) is 1.68. The summed E-state index contributed by atoms with van der Waals surface area (Å²) in [6.07, 6.45) is 2.86. The maximum atomic E-state index is 11.2. The van der Waals surface area contributed by atoms with Crippen LogP contribution in [0.3, 0.4) is 0 Å². The standard InChI is InChI=1S/C10H10N2O3/c1-2-5-10(13)11-8-6-3-4-7-9(8)12(14)15/h2-7H,1H3,(H,11,13)/b5-2+. The number of carbonyl (C=O) groups is 1. The fraction of sp³-hybridized carbons (Fsp3) is 0.100. The normalized spacial score (nSPS) is 10.2. The zero-order valence-corrected chi connectivity index (χ0v) is 8.14. The number of hydrogen-bond acceptors (Lipinski definition) is 3.